The van der Waals surface area contributed by atoms with Gasteiger partial charge in [-0.25, -0.2) is 4.98 Å². The van der Waals surface area contributed by atoms with E-state index in [0.29, 0.717) is 16.6 Å². The summed E-state index contributed by atoms with van der Waals surface area (Å²) in [6, 6.07) is 0. The number of nitrogen functional groups attached to an aromatic ring is 1. The summed E-state index contributed by atoms with van der Waals surface area (Å²) in [4.78, 5) is 18.8. The standard InChI is InChI=1S/C11H20N4OS/c1-4-5-8-9(17-11(12)14-8)10(16)13-6-7-15(2)3/h4-7H2,1-3H3,(H2,12,14)(H,13,16). The number of anilines is 1. The SMILES string of the molecule is CCCc1nc(N)sc1C(=O)NCCN(C)C. The summed E-state index contributed by atoms with van der Waals surface area (Å²) in [5.74, 6) is -0.0653. The maximum atomic E-state index is 11.9. The predicted octanol–water partition coefficient (Wildman–Crippen LogP) is 0.969. The van der Waals surface area contributed by atoms with Gasteiger partial charge in [-0.15, -0.1) is 0 Å². The molecule has 1 aromatic rings. The Balaban J connectivity index is 2.61. The van der Waals surface area contributed by atoms with Gasteiger partial charge in [0.05, 0.1) is 5.69 Å². The summed E-state index contributed by atoms with van der Waals surface area (Å²) in [7, 11) is 3.94. The molecule has 3 N–H and O–H groups in total. The van der Waals surface area contributed by atoms with Gasteiger partial charge in [0.25, 0.3) is 5.91 Å². The van der Waals surface area contributed by atoms with E-state index in [1.54, 1.807) is 0 Å². The molecule has 96 valence electrons. The third-order valence-electron chi connectivity index (χ3n) is 2.25. The van der Waals surface area contributed by atoms with Crippen molar-refractivity contribution in [3.63, 3.8) is 0 Å². The van der Waals surface area contributed by atoms with Crippen LogP contribution in [0.2, 0.25) is 0 Å². The second kappa shape index (κ2) is 6.56. The first-order chi connectivity index (χ1) is 8.04. The number of hydrogen-bond donors (Lipinski definition) is 2. The highest BCUT2D eigenvalue weighted by Gasteiger charge is 2.15. The van der Waals surface area contributed by atoms with Crippen LogP contribution in [0.3, 0.4) is 0 Å². The minimum absolute atomic E-state index is 0.0653. The number of aromatic nitrogens is 1. The summed E-state index contributed by atoms with van der Waals surface area (Å²) >= 11 is 1.26. The summed E-state index contributed by atoms with van der Waals surface area (Å²) in [5, 5.41) is 3.34. The maximum absolute atomic E-state index is 11.9. The number of carbonyl (C=O) groups is 1. The zero-order valence-electron chi connectivity index (χ0n) is 10.6. The number of carbonyl (C=O) groups excluding carboxylic acids is 1. The molecule has 17 heavy (non-hydrogen) atoms. The molecule has 0 aliphatic heterocycles. The second-order valence-corrected chi connectivity index (χ2v) is 5.17. The quantitative estimate of drug-likeness (QED) is 0.795. The second-order valence-electron chi connectivity index (χ2n) is 4.14. The highest BCUT2D eigenvalue weighted by atomic mass is 32.1. The van der Waals surface area contributed by atoms with E-state index >= 15 is 0 Å². The Kier molecular flexibility index (Phi) is 5.37. The number of hydrogen-bond acceptors (Lipinski definition) is 5. The number of nitrogens with two attached hydrogens (primary N) is 1. The van der Waals surface area contributed by atoms with Crippen molar-refractivity contribution < 1.29 is 4.79 Å². The fraction of sp³-hybridized carbons (Fsp3) is 0.636. The highest BCUT2D eigenvalue weighted by molar-refractivity contribution is 7.17. The number of nitrogens with zero attached hydrogens (tertiary/aromatic N) is 2. The minimum atomic E-state index is -0.0653. The average Bonchev–Trinajstić information content (AvgIpc) is 2.59. The van der Waals surface area contributed by atoms with Crippen LogP contribution in [0.5, 0.6) is 0 Å². The molecule has 1 rings (SSSR count). The smallest absolute Gasteiger partial charge is 0.263 e. The lowest BCUT2D eigenvalue weighted by Crippen LogP contribution is -2.31. The van der Waals surface area contributed by atoms with Crippen molar-refractivity contribution in [2.24, 2.45) is 0 Å². The van der Waals surface area contributed by atoms with Crippen LogP contribution in [0.4, 0.5) is 5.13 Å². The number of thiazole rings is 1. The lowest BCUT2D eigenvalue weighted by atomic mass is 10.2. The Morgan fingerprint density at radius 2 is 2.24 bits per heavy atom. The summed E-state index contributed by atoms with van der Waals surface area (Å²) in [6.07, 6.45) is 1.76. The molecule has 0 spiro atoms. The first-order valence-electron chi connectivity index (χ1n) is 5.72. The topological polar surface area (TPSA) is 71.2 Å². The number of rotatable bonds is 6. The van der Waals surface area contributed by atoms with Crippen molar-refractivity contribution in [1.29, 1.82) is 0 Å². The maximum Gasteiger partial charge on any atom is 0.263 e. The zero-order chi connectivity index (χ0) is 12.8. The Bertz CT molecular complexity index is 376. The number of likely N-dealkylation sites (N-methyl/N-ethyl adjacent to an activating group) is 1. The van der Waals surface area contributed by atoms with Crippen molar-refractivity contribution in [1.82, 2.24) is 15.2 Å². The molecule has 0 atom stereocenters. The Morgan fingerprint density at radius 1 is 1.53 bits per heavy atom. The number of amides is 1. The van der Waals surface area contributed by atoms with Gasteiger partial charge in [0.1, 0.15) is 4.88 Å². The molecule has 5 nitrogen and oxygen atoms in total. The van der Waals surface area contributed by atoms with Crippen molar-refractivity contribution in [3.8, 4) is 0 Å². The molecule has 0 bridgehead atoms. The Hall–Kier alpha value is -1.14. The minimum Gasteiger partial charge on any atom is -0.375 e. The molecular weight excluding hydrogens is 236 g/mol. The fourth-order valence-corrected chi connectivity index (χ4v) is 2.22. The van der Waals surface area contributed by atoms with Crippen LogP contribution in [0.15, 0.2) is 0 Å². The van der Waals surface area contributed by atoms with E-state index in [1.165, 1.54) is 11.3 Å². The molecule has 0 saturated carbocycles. The average molecular weight is 256 g/mol. The molecule has 0 fully saturated rings. The summed E-state index contributed by atoms with van der Waals surface area (Å²) < 4.78 is 0. The Labute approximate surface area is 106 Å². The predicted molar refractivity (Wildman–Crippen MR) is 71.4 cm³/mol. The van der Waals surface area contributed by atoms with E-state index in [9.17, 15) is 4.79 Å². The lowest BCUT2D eigenvalue weighted by molar-refractivity contribution is 0.0954. The molecule has 0 aliphatic rings. The van der Waals surface area contributed by atoms with Gasteiger partial charge in [-0.3, -0.25) is 4.79 Å². The van der Waals surface area contributed by atoms with E-state index in [-0.39, 0.29) is 5.91 Å². The Morgan fingerprint density at radius 3 is 2.82 bits per heavy atom. The van der Waals surface area contributed by atoms with Gasteiger partial charge < -0.3 is 16.0 Å². The molecule has 1 heterocycles. The first kappa shape index (κ1) is 13.9. The van der Waals surface area contributed by atoms with Crippen LogP contribution in [0, 0.1) is 0 Å². The third kappa shape index (κ3) is 4.32. The van der Waals surface area contributed by atoms with Gasteiger partial charge in [-0.05, 0) is 20.5 Å². The molecule has 0 aliphatic carbocycles. The van der Waals surface area contributed by atoms with Crippen molar-refractivity contribution in [3.05, 3.63) is 10.6 Å². The molecule has 1 amide bonds. The molecule has 6 heteroatoms. The fourth-order valence-electron chi connectivity index (χ4n) is 1.43. The van der Waals surface area contributed by atoms with E-state index in [1.807, 2.05) is 19.0 Å². The van der Waals surface area contributed by atoms with Gasteiger partial charge in [0, 0.05) is 13.1 Å². The van der Waals surface area contributed by atoms with Crippen LogP contribution in [0.1, 0.15) is 28.7 Å². The van der Waals surface area contributed by atoms with Gasteiger partial charge in [-0.2, -0.15) is 0 Å². The summed E-state index contributed by atoms with van der Waals surface area (Å²) in [5.41, 5.74) is 6.46. The van der Waals surface area contributed by atoms with Crippen LogP contribution >= 0.6 is 11.3 Å². The van der Waals surface area contributed by atoms with E-state index in [0.717, 1.165) is 25.1 Å². The van der Waals surface area contributed by atoms with Crippen molar-refractivity contribution >= 4 is 22.4 Å². The van der Waals surface area contributed by atoms with Crippen LogP contribution in [0.25, 0.3) is 0 Å². The molecule has 0 unspecified atom stereocenters. The van der Waals surface area contributed by atoms with Crippen molar-refractivity contribution in [2.45, 2.75) is 19.8 Å². The molecule has 1 aromatic heterocycles. The van der Waals surface area contributed by atoms with E-state index < -0.39 is 0 Å². The van der Waals surface area contributed by atoms with E-state index in [2.05, 4.69) is 17.2 Å². The molecule has 0 aromatic carbocycles. The molecule has 0 saturated heterocycles. The summed E-state index contributed by atoms with van der Waals surface area (Å²) in [6.45, 7) is 3.52. The normalized spacial score (nSPS) is 10.8. The van der Waals surface area contributed by atoms with E-state index in [4.69, 9.17) is 5.73 Å². The highest BCUT2D eigenvalue weighted by Crippen LogP contribution is 2.21. The van der Waals surface area contributed by atoms with Gasteiger partial charge in [0.2, 0.25) is 0 Å². The first-order valence-corrected chi connectivity index (χ1v) is 6.54. The lowest BCUT2D eigenvalue weighted by Gasteiger charge is -2.10. The monoisotopic (exact) mass is 256 g/mol. The van der Waals surface area contributed by atoms with Crippen LogP contribution in [-0.4, -0.2) is 43.0 Å². The van der Waals surface area contributed by atoms with Gasteiger partial charge in [0.15, 0.2) is 5.13 Å². The zero-order valence-corrected chi connectivity index (χ0v) is 11.4. The van der Waals surface area contributed by atoms with Crippen LogP contribution in [-0.2, 0) is 6.42 Å². The number of aryl methyl sites for hydroxylation is 1. The van der Waals surface area contributed by atoms with Gasteiger partial charge in [-0.1, -0.05) is 24.7 Å². The largest absolute Gasteiger partial charge is 0.375 e. The molecule has 0 radical (unpaired) electrons. The van der Waals surface area contributed by atoms with Gasteiger partial charge >= 0.3 is 0 Å². The van der Waals surface area contributed by atoms with Crippen LogP contribution < -0.4 is 11.1 Å². The van der Waals surface area contributed by atoms with Crippen molar-refractivity contribution in [2.75, 3.05) is 32.9 Å². The number of nitrogens with one attached hydrogen (secondary N) is 1. The third-order valence-corrected chi connectivity index (χ3v) is 3.18. The molecular formula is C11H20N4OS.